The number of sulfonamides is 1. The fraction of sp³-hybridized carbons (Fsp3) is 0.231. The lowest BCUT2D eigenvalue weighted by molar-refractivity contribution is 0.600. The van der Waals surface area contributed by atoms with E-state index in [1.54, 1.807) is 39.0 Å². The molecule has 6 nitrogen and oxygen atoms in total. The Kier molecular flexibility index (Phi) is 3.63. The minimum absolute atomic E-state index is 0.0596. The van der Waals surface area contributed by atoms with Crippen LogP contribution in [0.4, 0.5) is 11.6 Å². The second-order valence-electron chi connectivity index (χ2n) is 4.60. The van der Waals surface area contributed by atoms with Crippen molar-refractivity contribution in [3.63, 3.8) is 0 Å². The molecule has 0 spiro atoms. The maximum absolute atomic E-state index is 12.4. The Hall–Kier alpha value is -2.15. The second-order valence-corrected chi connectivity index (χ2v) is 6.26. The fourth-order valence-electron chi connectivity index (χ4n) is 1.85. The van der Waals surface area contributed by atoms with Gasteiger partial charge in [0.25, 0.3) is 10.0 Å². The molecule has 20 heavy (non-hydrogen) atoms. The summed E-state index contributed by atoms with van der Waals surface area (Å²) in [5, 5.41) is 0. The summed E-state index contributed by atoms with van der Waals surface area (Å²) in [7, 11) is -3.76. The number of nitrogens with zero attached hydrogens (tertiary/aromatic N) is 2. The highest BCUT2D eigenvalue weighted by Gasteiger charge is 2.18. The molecule has 2 aromatic rings. The Morgan fingerprint density at radius 3 is 2.25 bits per heavy atom. The molecule has 0 amide bonds. The lowest BCUT2D eigenvalue weighted by atomic mass is 10.2. The molecule has 106 valence electrons. The minimum Gasteiger partial charge on any atom is -0.399 e. The summed E-state index contributed by atoms with van der Waals surface area (Å²) in [6.45, 7) is 5.26. The monoisotopic (exact) mass is 292 g/mol. The van der Waals surface area contributed by atoms with Gasteiger partial charge in [-0.25, -0.2) is 23.1 Å². The zero-order valence-electron chi connectivity index (χ0n) is 11.5. The normalized spacial score (nSPS) is 11.3. The van der Waals surface area contributed by atoms with Gasteiger partial charge in [0.1, 0.15) is 0 Å². The molecule has 0 radical (unpaired) electrons. The quantitative estimate of drug-likeness (QED) is 0.840. The number of nitrogens with one attached hydrogen (secondary N) is 1. The van der Waals surface area contributed by atoms with Gasteiger partial charge in [0.2, 0.25) is 5.95 Å². The zero-order valence-corrected chi connectivity index (χ0v) is 12.3. The molecule has 0 aliphatic heterocycles. The van der Waals surface area contributed by atoms with Crippen molar-refractivity contribution in [1.29, 1.82) is 0 Å². The van der Waals surface area contributed by atoms with Gasteiger partial charge >= 0.3 is 0 Å². The highest BCUT2D eigenvalue weighted by atomic mass is 32.2. The van der Waals surface area contributed by atoms with Crippen LogP contribution in [0.5, 0.6) is 0 Å². The van der Waals surface area contributed by atoms with E-state index in [1.165, 1.54) is 6.07 Å². The van der Waals surface area contributed by atoms with Crippen LogP contribution < -0.4 is 10.5 Å². The lowest BCUT2D eigenvalue weighted by Gasteiger charge is -2.10. The van der Waals surface area contributed by atoms with Gasteiger partial charge in [0, 0.05) is 17.1 Å². The van der Waals surface area contributed by atoms with E-state index in [-0.39, 0.29) is 10.8 Å². The average molecular weight is 292 g/mol. The molecule has 0 bridgehead atoms. The molecule has 0 aliphatic carbocycles. The summed E-state index contributed by atoms with van der Waals surface area (Å²) in [6.07, 6.45) is 0. The number of aryl methyl sites for hydroxylation is 3. The molecule has 0 saturated heterocycles. The fourth-order valence-corrected chi connectivity index (χ4v) is 3.08. The van der Waals surface area contributed by atoms with Crippen molar-refractivity contribution in [2.24, 2.45) is 0 Å². The van der Waals surface area contributed by atoms with Gasteiger partial charge in [-0.15, -0.1) is 0 Å². The molecular weight excluding hydrogens is 276 g/mol. The Labute approximate surface area is 118 Å². The number of hydrogen-bond donors (Lipinski definition) is 2. The van der Waals surface area contributed by atoms with E-state index in [9.17, 15) is 8.42 Å². The smallest absolute Gasteiger partial charge is 0.264 e. The van der Waals surface area contributed by atoms with Gasteiger partial charge in [-0.2, -0.15) is 0 Å². The van der Waals surface area contributed by atoms with E-state index < -0.39 is 10.0 Å². The minimum atomic E-state index is -3.76. The number of hydrogen-bond acceptors (Lipinski definition) is 5. The maximum atomic E-state index is 12.4. The first kappa shape index (κ1) is 14.3. The van der Waals surface area contributed by atoms with Crippen LogP contribution in [0.3, 0.4) is 0 Å². The first-order valence-electron chi connectivity index (χ1n) is 5.99. The van der Waals surface area contributed by atoms with Crippen LogP contribution in [0.15, 0.2) is 29.2 Å². The van der Waals surface area contributed by atoms with Gasteiger partial charge < -0.3 is 5.73 Å². The molecular formula is C13H16N4O2S. The van der Waals surface area contributed by atoms with Crippen molar-refractivity contribution in [3.8, 4) is 0 Å². The van der Waals surface area contributed by atoms with Crippen molar-refractivity contribution in [3.05, 3.63) is 41.2 Å². The SMILES string of the molecule is Cc1cc(C)nc(NS(=O)(=O)c2cc(N)ccc2C)n1. The highest BCUT2D eigenvalue weighted by Crippen LogP contribution is 2.20. The third-order valence-corrected chi connectivity index (χ3v) is 4.18. The van der Waals surface area contributed by atoms with Crippen molar-refractivity contribution in [2.75, 3.05) is 10.5 Å². The first-order valence-corrected chi connectivity index (χ1v) is 7.47. The van der Waals surface area contributed by atoms with Crippen molar-refractivity contribution in [1.82, 2.24) is 9.97 Å². The summed E-state index contributed by atoms with van der Waals surface area (Å²) in [5.74, 6) is 0.0596. The van der Waals surface area contributed by atoms with E-state index in [0.717, 1.165) is 0 Å². The van der Waals surface area contributed by atoms with Crippen molar-refractivity contribution >= 4 is 21.7 Å². The number of aromatic nitrogens is 2. The number of rotatable bonds is 3. The maximum Gasteiger partial charge on any atom is 0.264 e. The third-order valence-electron chi connectivity index (χ3n) is 2.71. The van der Waals surface area contributed by atoms with Crippen LogP contribution in [-0.2, 0) is 10.0 Å². The van der Waals surface area contributed by atoms with Crippen LogP contribution >= 0.6 is 0 Å². The average Bonchev–Trinajstić information content (AvgIpc) is 2.30. The van der Waals surface area contributed by atoms with E-state index in [4.69, 9.17) is 5.73 Å². The van der Waals surface area contributed by atoms with Crippen LogP contribution in [0.25, 0.3) is 0 Å². The molecule has 1 aromatic carbocycles. The molecule has 0 saturated carbocycles. The van der Waals surface area contributed by atoms with Gasteiger partial charge in [-0.05, 0) is 44.5 Å². The molecule has 2 rings (SSSR count). The van der Waals surface area contributed by atoms with Gasteiger partial charge in [0.15, 0.2) is 0 Å². The summed E-state index contributed by atoms with van der Waals surface area (Å²) >= 11 is 0. The predicted octanol–water partition coefficient (Wildman–Crippen LogP) is 1.78. The van der Waals surface area contributed by atoms with Gasteiger partial charge in [-0.1, -0.05) is 6.07 Å². The van der Waals surface area contributed by atoms with E-state index in [2.05, 4.69) is 14.7 Å². The molecule has 1 aromatic heterocycles. The molecule has 0 aliphatic rings. The number of nitrogen functional groups attached to an aromatic ring is 1. The first-order chi connectivity index (χ1) is 9.28. The number of anilines is 2. The molecule has 0 fully saturated rings. The number of benzene rings is 1. The molecule has 0 atom stereocenters. The van der Waals surface area contributed by atoms with Crippen LogP contribution in [-0.4, -0.2) is 18.4 Å². The second kappa shape index (κ2) is 5.09. The molecule has 3 N–H and O–H groups in total. The lowest BCUT2D eigenvalue weighted by Crippen LogP contribution is -2.17. The Balaban J connectivity index is 2.43. The summed E-state index contributed by atoms with van der Waals surface area (Å²) in [6, 6.07) is 6.50. The summed E-state index contributed by atoms with van der Waals surface area (Å²) in [5.41, 5.74) is 8.02. The summed E-state index contributed by atoms with van der Waals surface area (Å²) < 4.78 is 27.1. The van der Waals surface area contributed by atoms with Crippen LogP contribution in [0.1, 0.15) is 17.0 Å². The Bertz CT molecular complexity index is 737. The molecule has 1 heterocycles. The van der Waals surface area contributed by atoms with E-state index in [1.807, 2.05) is 0 Å². The molecule has 0 unspecified atom stereocenters. The third kappa shape index (κ3) is 3.05. The van der Waals surface area contributed by atoms with Crippen LogP contribution in [0.2, 0.25) is 0 Å². The molecule has 7 heteroatoms. The predicted molar refractivity (Wildman–Crippen MR) is 77.9 cm³/mol. The van der Waals surface area contributed by atoms with E-state index >= 15 is 0 Å². The van der Waals surface area contributed by atoms with E-state index in [0.29, 0.717) is 22.6 Å². The van der Waals surface area contributed by atoms with Crippen molar-refractivity contribution in [2.45, 2.75) is 25.7 Å². The van der Waals surface area contributed by atoms with Gasteiger partial charge in [0.05, 0.1) is 4.90 Å². The number of nitrogens with two attached hydrogens (primary N) is 1. The highest BCUT2D eigenvalue weighted by molar-refractivity contribution is 7.92. The van der Waals surface area contributed by atoms with Crippen LogP contribution in [0, 0.1) is 20.8 Å². The Morgan fingerprint density at radius 2 is 1.65 bits per heavy atom. The summed E-state index contributed by atoms with van der Waals surface area (Å²) in [4.78, 5) is 8.25. The van der Waals surface area contributed by atoms with Crippen molar-refractivity contribution < 1.29 is 8.42 Å². The Morgan fingerprint density at radius 1 is 1.05 bits per heavy atom. The van der Waals surface area contributed by atoms with Gasteiger partial charge in [-0.3, -0.25) is 0 Å². The standard InChI is InChI=1S/C13H16N4O2S/c1-8-4-5-11(14)7-12(8)20(18,19)17-13-15-9(2)6-10(3)16-13/h4-7H,14H2,1-3H3,(H,15,16,17). The zero-order chi connectivity index (χ0) is 14.9. The largest absolute Gasteiger partial charge is 0.399 e. The topological polar surface area (TPSA) is 98.0 Å².